The lowest BCUT2D eigenvalue weighted by Gasteiger charge is -2.09. The van der Waals surface area contributed by atoms with Crippen molar-refractivity contribution in [3.05, 3.63) is 64.9 Å². The first-order valence-corrected chi connectivity index (χ1v) is 8.80. The van der Waals surface area contributed by atoms with Gasteiger partial charge in [-0.05, 0) is 42.8 Å². The largest absolute Gasteiger partial charge is 0.451 e. The Hall–Kier alpha value is -2.35. The van der Waals surface area contributed by atoms with E-state index in [0.717, 1.165) is 0 Å². The number of rotatable bonds is 4. The zero-order chi connectivity index (χ0) is 17.3. The van der Waals surface area contributed by atoms with Gasteiger partial charge >= 0.3 is 5.91 Å². The van der Waals surface area contributed by atoms with Gasteiger partial charge in [0.25, 0.3) is 10.0 Å². The molecule has 0 atom stereocenters. The molecule has 0 fully saturated rings. The Balaban J connectivity index is 1.78. The average molecular weight is 365 g/mol. The van der Waals surface area contributed by atoms with Gasteiger partial charge in [-0.25, -0.2) is 8.42 Å². The van der Waals surface area contributed by atoms with E-state index in [4.69, 9.17) is 16.0 Å². The maximum absolute atomic E-state index is 12.2. The van der Waals surface area contributed by atoms with Crippen molar-refractivity contribution in [2.24, 2.45) is 0 Å². The lowest BCUT2D eigenvalue weighted by molar-refractivity contribution is 0.0919. The van der Waals surface area contributed by atoms with Gasteiger partial charge in [0.05, 0.1) is 4.90 Å². The average Bonchev–Trinajstić information content (AvgIpc) is 2.96. The van der Waals surface area contributed by atoms with Gasteiger partial charge in [-0.15, -0.1) is 4.83 Å². The molecule has 1 aromatic heterocycles. The summed E-state index contributed by atoms with van der Waals surface area (Å²) in [6.07, 6.45) is 0. The highest BCUT2D eigenvalue weighted by Gasteiger charge is 2.19. The van der Waals surface area contributed by atoms with Crippen molar-refractivity contribution in [1.82, 2.24) is 10.3 Å². The number of sulfonamides is 1. The third kappa shape index (κ3) is 3.28. The van der Waals surface area contributed by atoms with Crippen LogP contribution in [0.25, 0.3) is 11.0 Å². The van der Waals surface area contributed by atoms with Crippen molar-refractivity contribution in [2.75, 3.05) is 0 Å². The van der Waals surface area contributed by atoms with Crippen LogP contribution in [-0.4, -0.2) is 14.3 Å². The molecule has 2 aromatic carbocycles. The number of hydrazine groups is 1. The normalized spacial score (nSPS) is 11.6. The minimum Gasteiger partial charge on any atom is -0.451 e. The molecule has 0 saturated heterocycles. The summed E-state index contributed by atoms with van der Waals surface area (Å²) >= 11 is 5.88. The second-order valence-electron chi connectivity index (χ2n) is 5.12. The first-order valence-electron chi connectivity index (χ1n) is 6.94. The molecule has 2 N–H and O–H groups in total. The Kier molecular flexibility index (Phi) is 4.31. The first-order chi connectivity index (χ1) is 11.4. The van der Waals surface area contributed by atoms with E-state index in [1.54, 1.807) is 43.3 Å². The number of hydrogen-bond donors (Lipinski definition) is 2. The first kappa shape index (κ1) is 16.5. The molecular weight excluding hydrogens is 352 g/mol. The third-order valence-corrected chi connectivity index (χ3v) is 5.03. The molecular formula is C16H13ClN2O4S. The molecule has 0 aliphatic carbocycles. The van der Waals surface area contributed by atoms with Crippen LogP contribution in [0.5, 0.6) is 0 Å². The van der Waals surface area contributed by atoms with Gasteiger partial charge in [0, 0.05) is 10.4 Å². The summed E-state index contributed by atoms with van der Waals surface area (Å²) < 4.78 is 29.8. The van der Waals surface area contributed by atoms with Crippen LogP contribution in [0.15, 0.2) is 57.8 Å². The van der Waals surface area contributed by atoms with E-state index in [0.29, 0.717) is 21.6 Å². The van der Waals surface area contributed by atoms with Gasteiger partial charge in [-0.1, -0.05) is 29.8 Å². The lowest BCUT2D eigenvalue weighted by Crippen LogP contribution is -2.41. The maximum Gasteiger partial charge on any atom is 0.301 e. The zero-order valence-electron chi connectivity index (χ0n) is 12.5. The van der Waals surface area contributed by atoms with E-state index < -0.39 is 15.9 Å². The van der Waals surface area contributed by atoms with E-state index in [9.17, 15) is 13.2 Å². The van der Waals surface area contributed by atoms with E-state index >= 15 is 0 Å². The van der Waals surface area contributed by atoms with Gasteiger partial charge in [0.15, 0.2) is 5.76 Å². The molecule has 8 heteroatoms. The van der Waals surface area contributed by atoms with E-state index in [1.165, 1.54) is 12.1 Å². The number of amides is 1. The Morgan fingerprint density at radius 1 is 1.12 bits per heavy atom. The highest BCUT2D eigenvalue weighted by molar-refractivity contribution is 7.89. The fraction of sp³-hybridized carbons (Fsp3) is 0.0625. The molecule has 0 bridgehead atoms. The van der Waals surface area contributed by atoms with Crippen LogP contribution in [0, 0.1) is 6.92 Å². The summed E-state index contributed by atoms with van der Waals surface area (Å²) in [4.78, 5) is 14.2. The molecule has 0 spiro atoms. The van der Waals surface area contributed by atoms with Crippen molar-refractivity contribution in [3.63, 3.8) is 0 Å². The molecule has 0 unspecified atom stereocenters. The number of aryl methyl sites for hydroxylation is 1. The molecule has 24 heavy (non-hydrogen) atoms. The van der Waals surface area contributed by atoms with Crippen LogP contribution < -0.4 is 10.3 Å². The monoisotopic (exact) mass is 364 g/mol. The van der Waals surface area contributed by atoms with Crippen molar-refractivity contribution < 1.29 is 17.6 Å². The number of halogens is 1. The van der Waals surface area contributed by atoms with Gasteiger partial charge in [-0.2, -0.15) is 0 Å². The van der Waals surface area contributed by atoms with Crippen molar-refractivity contribution in [3.8, 4) is 0 Å². The van der Waals surface area contributed by atoms with Crippen LogP contribution in [0.2, 0.25) is 5.02 Å². The van der Waals surface area contributed by atoms with E-state index in [1.807, 2.05) is 0 Å². The van der Waals surface area contributed by atoms with Gasteiger partial charge in [0.1, 0.15) is 5.58 Å². The van der Waals surface area contributed by atoms with E-state index in [-0.39, 0.29) is 10.7 Å². The number of nitrogens with one attached hydrogen (secondary N) is 2. The topological polar surface area (TPSA) is 88.4 Å². The highest BCUT2D eigenvalue weighted by Crippen LogP contribution is 2.23. The highest BCUT2D eigenvalue weighted by atomic mass is 35.5. The molecule has 6 nitrogen and oxygen atoms in total. The number of fused-ring (bicyclic) bond motifs is 1. The maximum atomic E-state index is 12.2. The van der Waals surface area contributed by atoms with Crippen molar-refractivity contribution >= 4 is 38.5 Å². The van der Waals surface area contributed by atoms with E-state index in [2.05, 4.69) is 10.3 Å². The molecule has 0 radical (unpaired) electrons. The standard InChI is InChI=1S/C16H13ClN2O4S/c1-10-4-2-3-5-15(10)24(21,22)19-18-16(20)14-9-11-8-12(17)6-7-13(11)23-14/h2-9,19H,1H3,(H,18,20). The van der Waals surface area contributed by atoms with Crippen LogP contribution in [0.4, 0.5) is 0 Å². The number of carbonyl (C=O) groups excluding carboxylic acids is 1. The smallest absolute Gasteiger partial charge is 0.301 e. The molecule has 0 saturated carbocycles. The summed E-state index contributed by atoms with van der Waals surface area (Å²) in [6, 6.07) is 12.8. The van der Waals surface area contributed by atoms with Crippen LogP contribution >= 0.6 is 11.6 Å². The fourth-order valence-corrected chi connectivity index (χ4v) is 3.48. The molecule has 124 valence electrons. The lowest BCUT2D eigenvalue weighted by atomic mass is 10.2. The summed E-state index contributed by atoms with van der Waals surface area (Å²) in [5.74, 6) is -0.737. The summed E-state index contributed by atoms with van der Waals surface area (Å²) in [5.41, 5.74) is 3.18. The van der Waals surface area contributed by atoms with Gasteiger partial charge in [0.2, 0.25) is 0 Å². The minimum atomic E-state index is -3.88. The molecule has 3 rings (SSSR count). The Morgan fingerprint density at radius 2 is 1.88 bits per heavy atom. The van der Waals surface area contributed by atoms with Gasteiger partial charge < -0.3 is 4.42 Å². The van der Waals surface area contributed by atoms with Crippen LogP contribution in [0.3, 0.4) is 0 Å². The molecule has 0 aliphatic heterocycles. The van der Waals surface area contributed by atoms with Crippen LogP contribution in [-0.2, 0) is 10.0 Å². The fourth-order valence-electron chi connectivity index (χ4n) is 2.21. The Morgan fingerprint density at radius 3 is 2.62 bits per heavy atom. The van der Waals surface area contributed by atoms with Crippen LogP contribution in [0.1, 0.15) is 16.1 Å². The summed E-state index contributed by atoms with van der Waals surface area (Å²) in [7, 11) is -3.88. The Labute approximate surface area is 143 Å². The summed E-state index contributed by atoms with van der Waals surface area (Å²) in [6.45, 7) is 1.67. The van der Waals surface area contributed by atoms with Crippen molar-refractivity contribution in [1.29, 1.82) is 0 Å². The molecule has 1 heterocycles. The summed E-state index contributed by atoms with van der Waals surface area (Å²) in [5, 5.41) is 1.16. The molecule has 1 amide bonds. The number of furan rings is 1. The quantitative estimate of drug-likeness (QED) is 0.696. The minimum absolute atomic E-state index is 0.0280. The predicted molar refractivity (Wildman–Crippen MR) is 90.2 cm³/mol. The number of hydrogen-bond acceptors (Lipinski definition) is 4. The number of carbonyl (C=O) groups is 1. The second-order valence-corrected chi connectivity index (χ2v) is 7.21. The predicted octanol–water partition coefficient (Wildman–Crippen LogP) is 3.02. The molecule has 0 aliphatic rings. The second kappa shape index (κ2) is 6.27. The third-order valence-electron chi connectivity index (χ3n) is 3.38. The Bertz CT molecular complexity index is 1030. The van der Waals surface area contributed by atoms with Gasteiger partial charge in [-0.3, -0.25) is 10.2 Å². The molecule has 3 aromatic rings. The van der Waals surface area contributed by atoms with Crippen molar-refractivity contribution in [2.45, 2.75) is 11.8 Å². The zero-order valence-corrected chi connectivity index (χ0v) is 14.1. The number of benzene rings is 2. The SMILES string of the molecule is Cc1ccccc1S(=O)(=O)NNC(=O)c1cc2cc(Cl)ccc2o1.